The molecule has 11 heteroatoms. The van der Waals surface area contributed by atoms with Crippen LogP contribution in [0.15, 0.2) is 32.9 Å². The number of urea groups is 1. The van der Waals surface area contributed by atoms with Crippen LogP contribution in [-0.4, -0.2) is 32.0 Å². The van der Waals surface area contributed by atoms with Gasteiger partial charge in [0, 0.05) is 0 Å². The van der Waals surface area contributed by atoms with E-state index in [4.69, 9.17) is 4.74 Å². The maximum atomic E-state index is 12.2. The summed E-state index contributed by atoms with van der Waals surface area (Å²) in [5.41, 5.74) is 0.745. The lowest BCUT2D eigenvalue weighted by molar-refractivity contribution is 0.0519. The first-order valence-electron chi connectivity index (χ1n) is 6.97. The van der Waals surface area contributed by atoms with Gasteiger partial charge >= 0.3 is 12.0 Å². The minimum atomic E-state index is -4.02. The molecule has 1 heterocycles. The lowest BCUT2D eigenvalue weighted by Gasteiger charge is -2.07. The van der Waals surface area contributed by atoms with Gasteiger partial charge in [0.2, 0.25) is 0 Å². The molecular weight excluding hydrogens is 434 g/mol. The van der Waals surface area contributed by atoms with Crippen molar-refractivity contribution in [2.24, 2.45) is 0 Å². The number of amides is 2. The van der Waals surface area contributed by atoms with Gasteiger partial charge in [-0.1, -0.05) is 23.5 Å². The van der Waals surface area contributed by atoms with Gasteiger partial charge in [-0.2, -0.15) is 0 Å². The number of hydrogen-bond donors (Lipinski definition) is 2. The van der Waals surface area contributed by atoms with Gasteiger partial charge in [-0.05, 0) is 47.5 Å². The zero-order chi connectivity index (χ0) is 18.6. The second-order valence-electron chi connectivity index (χ2n) is 4.74. The summed E-state index contributed by atoms with van der Waals surface area (Å²) in [5.74, 6) is -0.647. The van der Waals surface area contributed by atoms with E-state index in [0.29, 0.717) is 3.79 Å². The molecule has 0 unspecified atom stereocenters. The Balaban J connectivity index is 2.10. The summed E-state index contributed by atoms with van der Waals surface area (Å²) in [6.45, 7) is 3.57. The molecule has 0 saturated heterocycles. The summed E-state index contributed by atoms with van der Waals surface area (Å²) in [4.78, 5) is 27.5. The number of nitrogens with one attached hydrogen (secondary N) is 2. The molecule has 2 aromatic rings. The molecule has 1 aromatic heterocycles. The zero-order valence-electron chi connectivity index (χ0n) is 13.2. The summed E-state index contributed by atoms with van der Waals surface area (Å²) in [6.07, 6.45) is 0. The van der Waals surface area contributed by atoms with Crippen LogP contribution in [0.3, 0.4) is 0 Å². The zero-order valence-corrected chi connectivity index (χ0v) is 16.4. The van der Waals surface area contributed by atoms with Crippen LogP contribution in [-0.2, 0) is 14.8 Å². The van der Waals surface area contributed by atoms with E-state index in [2.05, 4.69) is 26.2 Å². The highest BCUT2D eigenvalue weighted by atomic mass is 79.9. The number of rotatable bonds is 5. The Morgan fingerprint density at radius 2 is 2.08 bits per heavy atom. The molecule has 0 bridgehead atoms. The molecule has 8 nitrogen and oxygen atoms in total. The van der Waals surface area contributed by atoms with Crippen molar-refractivity contribution >= 4 is 54.4 Å². The van der Waals surface area contributed by atoms with Gasteiger partial charge in [-0.25, -0.2) is 27.7 Å². The molecule has 134 valence electrons. The normalized spacial score (nSPS) is 11.0. The Labute approximate surface area is 156 Å². The Bertz CT molecular complexity index is 911. The summed E-state index contributed by atoms with van der Waals surface area (Å²) >= 11 is 4.11. The second-order valence-corrected chi connectivity index (χ2v) is 8.74. The largest absolute Gasteiger partial charge is 0.461 e. The van der Waals surface area contributed by atoms with Crippen molar-refractivity contribution < 1.29 is 22.7 Å². The SMILES string of the molecule is CCOC(=O)c1nc(NC(=O)NS(=O)(=O)c2cccc(C)c2)sc1Br. The van der Waals surface area contributed by atoms with Gasteiger partial charge in [0.05, 0.1) is 11.5 Å². The van der Waals surface area contributed by atoms with Gasteiger partial charge in [0.25, 0.3) is 10.0 Å². The van der Waals surface area contributed by atoms with E-state index in [1.54, 1.807) is 26.0 Å². The van der Waals surface area contributed by atoms with E-state index in [9.17, 15) is 18.0 Å². The predicted octanol–water partition coefficient (Wildman–Crippen LogP) is 2.90. The molecule has 0 aliphatic rings. The number of sulfonamides is 1. The number of carbonyl (C=O) groups is 2. The number of carbonyl (C=O) groups excluding carboxylic acids is 2. The number of hydrogen-bond acceptors (Lipinski definition) is 7. The maximum Gasteiger partial charge on any atom is 0.359 e. The van der Waals surface area contributed by atoms with Crippen molar-refractivity contribution in [1.82, 2.24) is 9.71 Å². The number of aromatic nitrogens is 1. The highest BCUT2D eigenvalue weighted by Gasteiger charge is 2.21. The Morgan fingerprint density at radius 1 is 1.36 bits per heavy atom. The maximum absolute atomic E-state index is 12.2. The molecule has 25 heavy (non-hydrogen) atoms. The van der Waals surface area contributed by atoms with Gasteiger partial charge in [0.15, 0.2) is 10.8 Å². The van der Waals surface area contributed by atoms with Gasteiger partial charge in [-0.15, -0.1) is 0 Å². The van der Waals surface area contributed by atoms with E-state index < -0.39 is 22.0 Å². The van der Waals surface area contributed by atoms with E-state index in [1.807, 2.05) is 4.72 Å². The lowest BCUT2D eigenvalue weighted by atomic mass is 10.2. The summed E-state index contributed by atoms with van der Waals surface area (Å²) in [6, 6.07) is 5.14. The van der Waals surface area contributed by atoms with Crippen molar-refractivity contribution in [3.05, 3.63) is 39.3 Å². The molecule has 0 fully saturated rings. The number of esters is 1. The average Bonchev–Trinajstić information content (AvgIpc) is 2.87. The van der Waals surface area contributed by atoms with Gasteiger partial charge < -0.3 is 4.74 Å². The molecular formula is C14H14BrN3O5S2. The first-order valence-corrected chi connectivity index (χ1v) is 10.1. The van der Waals surface area contributed by atoms with Gasteiger partial charge in [-0.3, -0.25) is 5.32 Å². The fourth-order valence-corrected chi connectivity index (χ4v) is 4.16. The van der Waals surface area contributed by atoms with Crippen LogP contribution >= 0.6 is 27.3 Å². The topological polar surface area (TPSA) is 114 Å². The highest BCUT2D eigenvalue weighted by Crippen LogP contribution is 2.29. The lowest BCUT2D eigenvalue weighted by Crippen LogP contribution is -2.34. The number of nitrogens with zero attached hydrogens (tertiary/aromatic N) is 1. The van der Waals surface area contributed by atoms with Crippen LogP contribution < -0.4 is 10.0 Å². The van der Waals surface area contributed by atoms with Crippen molar-refractivity contribution in [3.63, 3.8) is 0 Å². The molecule has 0 aliphatic heterocycles. The molecule has 0 spiro atoms. The number of benzene rings is 1. The molecule has 2 N–H and O–H groups in total. The summed E-state index contributed by atoms with van der Waals surface area (Å²) in [7, 11) is -4.02. The molecule has 0 aliphatic carbocycles. The third-order valence-corrected chi connectivity index (χ3v) is 5.75. The van der Waals surface area contributed by atoms with Crippen molar-refractivity contribution in [2.45, 2.75) is 18.7 Å². The Kier molecular flexibility index (Phi) is 6.14. The van der Waals surface area contributed by atoms with E-state index in [0.717, 1.165) is 16.9 Å². The van der Waals surface area contributed by atoms with Gasteiger partial charge in [0.1, 0.15) is 3.79 Å². The smallest absolute Gasteiger partial charge is 0.359 e. The Hall–Kier alpha value is -1.98. The predicted molar refractivity (Wildman–Crippen MR) is 96.3 cm³/mol. The fourth-order valence-electron chi connectivity index (χ4n) is 1.77. The molecule has 1 aromatic carbocycles. The van der Waals surface area contributed by atoms with Crippen LogP contribution in [0.25, 0.3) is 0 Å². The first-order chi connectivity index (χ1) is 11.7. The van der Waals surface area contributed by atoms with Crippen molar-refractivity contribution in [2.75, 3.05) is 11.9 Å². The quantitative estimate of drug-likeness (QED) is 0.680. The van der Waals surface area contributed by atoms with E-state index >= 15 is 0 Å². The van der Waals surface area contributed by atoms with Crippen LogP contribution in [0.1, 0.15) is 23.0 Å². The molecule has 2 amide bonds. The molecule has 0 atom stereocenters. The van der Waals surface area contributed by atoms with E-state index in [1.165, 1.54) is 12.1 Å². The number of aryl methyl sites for hydroxylation is 1. The fraction of sp³-hybridized carbons (Fsp3) is 0.214. The minimum absolute atomic E-state index is 0.00342. The standard InChI is InChI=1S/C14H14BrN3O5S2/c1-3-23-12(19)10-11(15)24-14(16-10)17-13(20)18-25(21,22)9-6-4-5-8(2)7-9/h4-7H,3H2,1-2H3,(H2,16,17,18,20). The monoisotopic (exact) mass is 447 g/mol. The Morgan fingerprint density at radius 3 is 2.72 bits per heavy atom. The van der Waals surface area contributed by atoms with E-state index in [-0.39, 0.29) is 22.3 Å². The number of ether oxygens (including phenoxy) is 1. The highest BCUT2D eigenvalue weighted by molar-refractivity contribution is 9.11. The average molecular weight is 448 g/mol. The molecule has 2 rings (SSSR count). The third-order valence-electron chi connectivity index (χ3n) is 2.80. The number of thiazole rings is 1. The van der Waals surface area contributed by atoms with Crippen LogP contribution in [0.4, 0.5) is 9.93 Å². The minimum Gasteiger partial charge on any atom is -0.461 e. The summed E-state index contributed by atoms with van der Waals surface area (Å²) in [5, 5.41) is 2.33. The van der Waals surface area contributed by atoms with Crippen LogP contribution in [0.2, 0.25) is 0 Å². The number of halogens is 1. The third kappa shape index (κ3) is 5.00. The van der Waals surface area contributed by atoms with Crippen LogP contribution in [0, 0.1) is 6.92 Å². The number of anilines is 1. The van der Waals surface area contributed by atoms with Crippen molar-refractivity contribution in [1.29, 1.82) is 0 Å². The van der Waals surface area contributed by atoms with Crippen LogP contribution in [0.5, 0.6) is 0 Å². The summed E-state index contributed by atoms with van der Waals surface area (Å²) < 4.78 is 31.4. The second kappa shape index (κ2) is 7.93. The van der Waals surface area contributed by atoms with Crippen molar-refractivity contribution in [3.8, 4) is 0 Å². The molecule has 0 radical (unpaired) electrons. The molecule has 0 saturated carbocycles. The first kappa shape index (κ1) is 19.3.